The molecule has 4 aromatic rings. The number of ether oxygens (including phenoxy) is 1. The quantitative estimate of drug-likeness (QED) is 0.199. The van der Waals surface area contributed by atoms with Crippen molar-refractivity contribution in [2.45, 2.75) is 33.7 Å². The number of nitro groups is 1. The van der Waals surface area contributed by atoms with Crippen LogP contribution in [0.5, 0.6) is 0 Å². The van der Waals surface area contributed by atoms with Crippen molar-refractivity contribution < 1.29 is 18.8 Å². The Hall–Kier alpha value is -4.64. The van der Waals surface area contributed by atoms with Gasteiger partial charge in [-0.25, -0.2) is 14.2 Å². The minimum Gasteiger partial charge on any atom is -0.463 e. The summed E-state index contributed by atoms with van der Waals surface area (Å²) in [5.41, 5.74) is 4.15. The molecule has 0 saturated heterocycles. The van der Waals surface area contributed by atoms with E-state index < -0.39 is 22.8 Å². The number of non-ortho nitro benzene ring substituents is 1. The number of fused-ring (bicyclic) bond motifs is 1. The van der Waals surface area contributed by atoms with Crippen molar-refractivity contribution in [3.63, 3.8) is 0 Å². The van der Waals surface area contributed by atoms with Gasteiger partial charge in [0, 0.05) is 29.2 Å². The summed E-state index contributed by atoms with van der Waals surface area (Å²) in [6, 6.07) is 13.0. The van der Waals surface area contributed by atoms with Gasteiger partial charge in [-0.15, -0.1) is 0 Å². The number of rotatable bonds is 6. The number of hydrogen-bond donors (Lipinski definition) is 0. The van der Waals surface area contributed by atoms with Crippen LogP contribution in [0.15, 0.2) is 75.7 Å². The molecule has 0 amide bonds. The molecule has 0 saturated carbocycles. The lowest BCUT2D eigenvalue weighted by atomic mass is 9.96. The normalized spacial score (nSPS) is 15.1. The minimum atomic E-state index is -0.828. The summed E-state index contributed by atoms with van der Waals surface area (Å²) >= 11 is 1.20. The third-order valence-electron chi connectivity index (χ3n) is 6.78. The average molecular weight is 561 g/mol. The van der Waals surface area contributed by atoms with Crippen molar-refractivity contribution in [2.75, 3.05) is 6.61 Å². The summed E-state index contributed by atoms with van der Waals surface area (Å²) in [6.07, 6.45) is 1.78. The molecular weight excluding hydrogens is 535 g/mol. The monoisotopic (exact) mass is 560 g/mol. The van der Waals surface area contributed by atoms with Crippen LogP contribution >= 0.6 is 11.3 Å². The fraction of sp³-hybridized carbons (Fsp3) is 0.207. The number of benzene rings is 2. The Labute approximate surface area is 232 Å². The van der Waals surface area contributed by atoms with E-state index in [0.717, 1.165) is 22.6 Å². The predicted molar refractivity (Wildman–Crippen MR) is 149 cm³/mol. The Bertz CT molecular complexity index is 1870. The molecule has 5 rings (SSSR count). The third-order valence-corrected chi connectivity index (χ3v) is 7.76. The van der Waals surface area contributed by atoms with Gasteiger partial charge in [-0.05, 0) is 75.2 Å². The van der Waals surface area contributed by atoms with Crippen molar-refractivity contribution in [3.8, 4) is 5.69 Å². The lowest BCUT2D eigenvalue weighted by Gasteiger charge is -2.24. The van der Waals surface area contributed by atoms with Gasteiger partial charge >= 0.3 is 5.97 Å². The van der Waals surface area contributed by atoms with Gasteiger partial charge in [-0.1, -0.05) is 23.5 Å². The van der Waals surface area contributed by atoms with E-state index in [0.29, 0.717) is 20.6 Å². The maximum atomic E-state index is 13.8. The molecule has 11 heteroatoms. The molecule has 1 atom stereocenters. The maximum absolute atomic E-state index is 13.8. The molecule has 1 aliphatic heterocycles. The van der Waals surface area contributed by atoms with Crippen LogP contribution in [0.4, 0.5) is 10.1 Å². The van der Waals surface area contributed by atoms with E-state index in [9.17, 15) is 24.1 Å². The van der Waals surface area contributed by atoms with Crippen molar-refractivity contribution >= 4 is 29.1 Å². The molecule has 0 unspecified atom stereocenters. The number of aryl methyl sites for hydroxylation is 1. The lowest BCUT2D eigenvalue weighted by molar-refractivity contribution is -0.384. The van der Waals surface area contributed by atoms with Crippen LogP contribution in [0.1, 0.15) is 42.4 Å². The number of aromatic nitrogens is 2. The van der Waals surface area contributed by atoms with Gasteiger partial charge in [0.05, 0.1) is 33.4 Å². The van der Waals surface area contributed by atoms with E-state index >= 15 is 0 Å². The molecule has 2 aromatic carbocycles. The largest absolute Gasteiger partial charge is 0.463 e. The number of halogens is 1. The molecule has 0 radical (unpaired) electrons. The summed E-state index contributed by atoms with van der Waals surface area (Å²) in [5.74, 6) is -1.02. The Balaban J connectivity index is 1.66. The Morgan fingerprint density at radius 2 is 1.82 bits per heavy atom. The van der Waals surface area contributed by atoms with E-state index in [4.69, 9.17) is 4.74 Å². The predicted octanol–water partition coefficient (Wildman–Crippen LogP) is 4.25. The number of nitrogens with zero attached hydrogens (tertiary/aromatic N) is 4. The van der Waals surface area contributed by atoms with E-state index in [-0.39, 0.29) is 23.4 Å². The van der Waals surface area contributed by atoms with Crippen molar-refractivity contribution in [1.29, 1.82) is 0 Å². The molecule has 204 valence electrons. The zero-order chi connectivity index (χ0) is 28.7. The van der Waals surface area contributed by atoms with Gasteiger partial charge in [0.1, 0.15) is 5.82 Å². The lowest BCUT2D eigenvalue weighted by Crippen LogP contribution is -2.39. The van der Waals surface area contributed by atoms with Gasteiger partial charge in [0.2, 0.25) is 0 Å². The van der Waals surface area contributed by atoms with E-state index in [1.54, 1.807) is 44.2 Å². The first-order valence-electron chi connectivity index (χ1n) is 12.5. The van der Waals surface area contributed by atoms with Crippen molar-refractivity contribution in [3.05, 3.63) is 124 Å². The van der Waals surface area contributed by atoms with Gasteiger partial charge in [-0.2, -0.15) is 0 Å². The van der Waals surface area contributed by atoms with E-state index in [1.165, 1.54) is 40.2 Å². The highest BCUT2D eigenvalue weighted by Crippen LogP contribution is 2.31. The van der Waals surface area contributed by atoms with Crippen molar-refractivity contribution in [2.24, 2.45) is 4.99 Å². The number of thiazole rings is 1. The van der Waals surface area contributed by atoms with Gasteiger partial charge < -0.3 is 9.30 Å². The fourth-order valence-electron chi connectivity index (χ4n) is 4.95. The van der Waals surface area contributed by atoms with Crippen LogP contribution < -0.4 is 14.9 Å². The van der Waals surface area contributed by atoms with Crippen LogP contribution in [0, 0.1) is 29.8 Å². The zero-order valence-electron chi connectivity index (χ0n) is 22.2. The molecule has 0 aliphatic carbocycles. The minimum absolute atomic E-state index is 0.000681. The number of hydrogen-bond acceptors (Lipinski definition) is 7. The van der Waals surface area contributed by atoms with Gasteiger partial charge in [0.25, 0.3) is 11.2 Å². The standard InChI is InChI=1S/C29H25FN4O5S/c1-5-39-28(36)25-17(3)31-29-33(26(25)19-6-8-21(30)9-7-19)27(35)24(40-29)15-20-14-16(2)32(18(20)4)22-10-12-23(13-11-22)34(37)38/h6-15,26H,5H2,1-4H3/b24-15+/t26-/m0/s1. The highest BCUT2D eigenvalue weighted by molar-refractivity contribution is 7.07. The topological polar surface area (TPSA) is 109 Å². The smallest absolute Gasteiger partial charge is 0.338 e. The summed E-state index contributed by atoms with van der Waals surface area (Å²) in [6.45, 7) is 7.36. The van der Waals surface area contributed by atoms with E-state index in [1.807, 2.05) is 24.5 Å². The second kappa shape index (κ2) is 10.5. The molecule has 2 aromatic heterocycles. The van der Waals surface area contributed by atoms with E-state index in [2.05, 4.69) is 4.99 Å². The summed E-state index contributed by atoms with van der Waals surface area (Å²) in [5, 5.41) is 11.1. The average Bonchev–Trinajstić information content (AvgIpc) is 3.37. The molecule has 0 fully saturated rings. The second-order valence-corrected chi connectivity index (χ2v) is 10.3. The Morgan fingerprint density at radius 1 is 1.15 bits per heavy atom. The van der Waals surface area contributed by atoms with Gasteiger partial charge in [-0.3, -0.25) is 19.5 Å². The van der Waals surface area contributed by atoms with Crippen LogP contribution in [0.25, 0.3) is 11.8 Å². The molecule has 40 heavy (non-hydrogen) atoms. The van der Waals surface area contributed by atoms with Crippen LogP contribution in [-0.2, 0) is 9.53 Å². The number of allylic oxidation sites excluding steroid dienone is 1. The SMILES string of the molecule is CCOC(=O)C1=C(C)N=c2s/c(=C/c3cc(C)n(-c4ccc([N+](=O)[O-])cc4)c3C)c(=O)n2[C@H]1c1ccc(F)cc1. The highest BCUT2D eigenvalue weighted by atomic mass is 32.1. The van der Waals surface area contributed by atoms with Crippen molar-refractivity contribution in [1.82, 2.24) is 9.13 Å². The first kappa shape index (κ1) is 26.9. The summed E-state index contributed by atoms with van der Waals surface area (Å²) < 4.78 is 22.9. The van der Waals surface area contributed by atoms with Gasteiger partial charge in [0.15, 0.2) is 4.80 Å². The summed E-state index contributed by atoms with van der Waals surface area (Å²) in [7, 11) is 0. The molecule has 1 aliphatic rings. The molecule has 0 N–H and O–H groups in total. The highest BCUT2D eigenvalue weighted by Gasteiger charge is 2.33. The number of esters is 1. The molecule has 0 spiro atoms. The zero-order valence-corrected chi connectivity index (χ0v) is 23.0. The summed E-state index contributed by atoms with van der Waals surface area (Å²) in [4.78, 5) is 42.4. The molecule has 0 bridgehead atoms. The third kappa shape index (κ3) is 4.68. The molecular formula is C29H25FN4O5S. The van der Waals surface area contributed by atoms with Crippen LogP contribution in [-0.4, -0.2) is 26.6 Å². The number of nitro benzene ring substituents is 1. The fourth-order valence-corrected chi connectivity index (χ4v) is 5.99. The van der Waals surface area contributed by atoms with Crippen LogP contribution in [0.2, 0.25) is 0 Å². The first-order chi connectivity index (χ1) is 19.1. The maximum Gasteiger partial charge on any atom is 0.338 e. The first-order valence-corrected chi connectivity index (χ1v) is 13.3. The Kier molecular flexibility index (Phi) is 7.07. The van der Waals surface area contributed by atoms with Crippen LogP contribution in [0.3, 0.4) is 0 Å². The number of carbonyl (C=O) groups excluding carboxylic acids is 1. The second-order valence-electron chi connectivity index (χ2n) is 9.29. The Morgan fingerprint density at radius 3 is 2.45 bits per heavy atom. The molecule has 3 heterocycles. The number of carbonyl (C=O) groups is 1. The molecule has 9 nitrogen and oxygen atoms in total.